The summed E-state index contributed by atoms with van der Waals surface area (Å²) in [6.45, 7) is 1.97. The van der Waals surface area contributed by atoms with E-state index in [0.29, 0.717) is 23.1 Å². The molecule has 0 radical (unpaired) electrons. The van der Waals surface area contributed by atoms with Crippen molar-refractivity contribution in [3.8, 4) is 11.4 Å². The van der Waals surface area contributed by atoms with Gasteiger partial charge in [0.05, 0.1) is 13.0 Å². The molecule has 4 rings (SSSR count). The van der Waals surface area contributed by atoms with E-state index in [-0.39, 0.29) is 18.9 Å². The Bertz CT molecular complexity index is 1180. The van der Waals surface area contributed by atoms with E-state index in [2.05, 4.69) is 20.6 Å². The van der Waals surface area contributed by atoms with Gasteiger partial charge in [0.25, 0.3) is 0 Å². The minimum Gasteiger partial charge on any atom is -0.339 e. The number of anilines is 1. The summed E-state index contributed by atoms with van der Waals surface area (Å²) in [6, 6.07) is 12.6. The molecule has 0 fully saturated rings. The fourth-order valence-electron chi connectivity index (χ4n) is 2.90. The standard InChI is InChI=1S/C21H17F2N5O2/c1-13-24-21(27-30-13)16-5-2-14(3-6-16)11-20(29)25-19-8-9-28(26-19)12-15-4-7-17(22)18(23)10-15/h2-10H,11-12H2,1H3,(H,25,26,29). The van der Waals surface area contributed by atoms with E-state index in [9.17, 15) is 13.6 Å². The average molecular weight is 409 g/mol. The second-order valence-corrected chi connectivity index (χ2v) is 6.71. The predicted molar refractivity (Wildman–Crippen MR) is 104 cm³/mol. The first-order valence-corrected chi connectivity index (χ1v) is 9.13. The molecular weight excluding hydrogens is 392 g/mol. The van der Waals surface area contributed by atoms with E-state index in [1.807, 2.05) is 24.3 Å². The maximum atomic E-state index is 13.3. The van der Waals surface area contributed by atoms with Gasteiger partial charge in [0.2, 0.25) is 17.6 Å². The van der Waals surface area contributed by atoms with Crippen LogP contribution >= 0.6 is 0 Å². The number of nitrogens with zero attached hydrogens (tertiary/aromatic N) is 4. The zero-order chi connectivity index (χ0) is 21.1. The molecule has 0 aliphatic heterocycles. The molecule has 9 heteroatoms. The number of amides is 1. The van der Waals surface area contributed by atoms with Crippen LogP contribution in [0.2, 0.25) is 0 Å². The molecule has 0 unspecified atom stereocenters. The number of aryl methyl sites for hydroxylation is 1. The number of carbonyl (C=O) groups is 1. The van der Waals surface area contributed by atoms with Crippen LogP contribution in [0.25, 0.3) is 11.4 Å². The van der Waals surface area contributed by atoms with Gasteiger partial charge in [-0.1, -0.05) is 35.5 Å². The first-order valence-electron chi connectivity index (χ1n) is 9.13. The van der Waals surface area contributed by atoms with Crippen molar-refractivity contribution in [2.75, 3.05) is 5.32 Å². The number of rotatable bonds is 6. The summed E-state index contributed by atoms with van der Waals surface area (Å²) >= 11 is 0. The summed E-state index contributed by atoms with van der Waals surface area (Å²) in [7, 11) is 0. The highest BCUT2D eigenvalue weighted by Crippen LogP contribution is 2.17. The molecule has 0 aliphatic carbocycles. The quantitative estimate of drug-likeness (QED) is 0.524. The first kappa shape index (κ1) is 19.4. The number of hydrogen-bond acceptors (Lipinski definition) is 5. The van der Waals surface area contributed by atoms with Crippen molar-refractivity contribution in [2.45, 2.75) is 19.9 Å². The zero-order valence-electron chi connectivity index (χ0n) is 16.0. The van der Waals surface area contributed by atoms with E-state index in [4.69, 9.17) is 4.52 Å². The van der Waals surface area contributed by atoms with Gasteiger partial charge < -0.3 is 9.84 Å². The third-order valence-corrected chi connectivity index (χ3v) is 4.34. The average Bonchev–Trinajstić information content (AvgIpc) is 3.34. The molecule has 0 saturated heterocycles. The van der Waals surface area contributed by atoms with Gasteiger partial charge in [0.15, 0.2) is 17.5 Å². The highest BCUT2D eigenvalue weighted by atomic mass is 19.2. The Balaban J connectivity index is 1.34. The number of halogens is 2. The fourth-order valence-corrected chi connectivity index (χ4v) is 2.90. The van der Waals surface area contributed by atoms with Crippen LogP contribution in [-0.2, 0) is 17.8 Å². The van der Waals surface area contributed by atoms with Crippen LogP contribution in [0.15, 0.2) is 59.3 Å². The lowest BCUT2D eigenvalue weighted by Crippen LogP contribution is -2.15. The van der Waals surface area contributed by atoms with Crippen LogP contribution in [-0.4, -0.2) is 25.8 Å². The van der Waals surface area contributed by atoms with Crippen molar-refractivity contribution in [2.24, 2.45) is 0 Å². The molecule has 30 heavy (non-hydrogen) atoms. The Morgan fingerprint density at radius 2 is 1.83 bits per heavy atom. The van der Waals surface area contributed by atoms with Crippen LogP contribution in [0, 0.1) is 18.6 Å². The van der Waals surface area contributed by atoms with Crippen LogP contribution in [0.5, 0.6) is 0 Å². The van der Waals surface area contributed by atoms with E-state index in [0.717, 1.165) is 23.3 Å². The maximum Gasteiger partial charge on any atom is 0.229 e. The number of nitrogens with one attached hydrogen (secondary N) is 1. The van der Waals surface area contributed by atoms with E-state index in [1.165, 1.54) is 10.7 Å². The summed E-state index contributed by atoms with van der Waals surface area (Å²) < 4.78 is 32.8. The molecule has 2 heterocycles. The third kappa shape index (κ3) is 4.57. The lowest BCUT2D eigenvalue weighted by Gasteiger charge is -2.04. The Morgan fingerprint density at radius 1 is 1.07 bits per heavy atom. The summed E-state index contributed by atoms with van der Waals surface area (Å²) in [5.74, 6) is -0.675. The van der Waals surface area contributed by atoms with Crippen molar-refractivity contribution >= 4 is 11.7 Å². The lowest BCUT2D eigenvalue weighted by atomic mass is 10.1. The van der Waals surface area contributed by atoms with Gasteiger partial charge >= 0.3 is 0 Å². The number of aromatic nitrogens is 4. The summed E-state index contributed by atoms with van der Waals surface area (Å²) in [4.78, 5) is 16.5. The van der Waals surface area contributed by atoms with Crippen molar-refractivity contribution in [3.63, 3.8) is 0 Å². The summed E-state index contributed by atoms with van der Waals surface area (Å²) in [5.41, 5.74) is 2.18. The van der Waals surface area contributed by atoms with E-state index >= 15 is 0 Å². The van der Waals surface area contributed by atoms with Gasteiger partial charge in [0.1, 0.15) is 0 Å². The molecule has 0 atom stereocenters. The second kappa shape index (κ2) is 8.24. The molecule has 1 N–H and O–H groups in total. The van der Waals surface area contributed by atoms with Crippen LogP contribution < -0.4 is 5.32 Å². The molecule has 0 spiro atoms. The Hall–Kier alpha value is -3.88. The topological polar surface area (TPSA) is 85.8 Å². The molecule has 0 saturated carbocycles. The summed E-state index contributed by atoms with van der Waals surface area (Å²) in [6.07, 6.45) is 1.82. The third-order valence-electron chi connectivity index (χ3n) is 4.34. The smallest absolute Gasteiger partial charge is 0.229 e. The van der Waals surface area contributed by atoms with Crippen LogP contribution in [0.3, 0.4) is 0 Å². The molecule has 2 aromatic carbocycles. The SMILES string of the molecule is Cc1nc(-c2ccc(CC(=O)Nc3ccn(Cc4ccc(F)c(F)c4)n3)cc2)no1. The molecule has 152 valence electrons. The summed E-state index contributed by atoms with van der Waals surface area (Å²) in [5, 5.41) is 10.8. The lowest BCUT2D eigenvalue weighted by molar-refractivity contribution is -0.115. The largest absolute Gasteiger partial charge is 0.339 e. The van der Waals surface area contributed by atoms with Crippen molar-refractivity contribution in [3.05, 3.63) is 83.4 Å². The van der Waals surface area contributed by atoms with Gasteiger partial charge in [-0.2, -0.15) is 10.1 Å². The molecule has 2 aromatic heterocycles. The van der Waals surface area contributed by atoms with Crippen LogP contribution in [0.4, 0.5) is 14.6 Å². The highest BCUT2D eigenvalue weighted by Gasteiger charge is 2.10. The number of carbonyl (C=O) groups excluding carboxylic acids is 1. The van der Waals surface area contributed by atoms with Crippen LogP contribution in [0.1, 0.15) is 17.0 Å². The van der Waals surface area contributed by atoms with Gasteiger partial charge in [-0.25, -0.2) is 8.78 Å². The van der Waals surface area contributed by atoms with Gasteiger partial charge in [-0.3, -0.25) is 9.48 Å². The zero-order valence-corrected chi connectivity index (χ0v) is 16.0. The molecular formula is C21H17F2N5O2. The molecule has 7 nitrogen and oxygen atoms in total. The number of hydrogen-bond donors (Lipinski definition) is 1. The normalized spacial score (nSPS) is 10.9. The minimum atomic E-state index is -0.909. The van der Waals surface area contributed by atoms with E-state index < -0.39 is 11.6 Å². The minimum absolute atomic E-state index is 0.168. The first-order chi connectivity index (χ1) is 14.5. The Kier molecular flexibility index (Phi) is 5.34. The molecule has 0 bridgehead atoms. The number of benzene rings is 2. The van der Waals surface area contributed by atoms with Crippen molar-refractivity contribution < 1.29 is 18.1 Å². The van der Waals surface area contributed by atoms with Gasteiger partial charge in [0, 0.05) is 24.8 Å². The van der Waals surface area contributed by atoms with Crippen molar-refractivity contribution in [1.82, 2.24) is 19.9 Å². The van der Waals surface area contributed by atoms with Gasteiger partial charge in [-0.05, 0) is 23.3 Å². The molecule has 0 aliphatic rings. The highest BCUT2D eigenvalue weighted by molar-refractivity contribution is 5.91. The molecule has 4 aromatic rings. The Labute approximate surface area is 170 Å². The fraction of sp³-hybridized carbons (Fsp3) is 0.143. The monoisotopic (exact) mass is 409 g/mol. The maximum absolute atomic E-state index is 13.3. The Morgan fingerprint density at radius 3 is 2.53 bits per heavy atom. The predicted octanol–water partition coefficient (Wildman–Crippen LogP) is 3.75. The second-order valence-electron chi connectivity index (χ2n) is 6.71. The van der Waals surface area contributed by atoms with Gasteiger partial charge in [-0.15, -0.1) is 0 Å². The van der Waals surface area contributed by atoms with E-state index in [1.54, 1.807) is 19.2 Å². The van der Waals surface area contributed by atoms with Crippen molar-refractivity contribution in [1.29, 1.82) is 0 Å². The molecule has 1 amide bonds.